The van der Waals surface area contributed by atoms with E-state index in [1.165, 1.54) is 42.5 Å². The van der Waals surface area contributed by atoms with Crippen molar-refractivity contribution in [3.8, 4) is 0 Å². The average molecular weight is 391 g/mol. The number of hydrogen-bond donors (Lipinski definition) is 2. The monoisotopic (exact) mass is 391 g/mol. The highest BCUT2D eigenvalue weighted by Gasteiger charge is 2.22. The van der Waals surface area contributed by atoms with Crippen LogP contribution in [-0.4, -0.2) is 24.8 Å². The number of benzene rings is 2. The van der Waals surface area contributed by atoms with Gasteiger partial charge in [0.1, 0.15) is 0 Å². The lowest BCUT2D eigenvalue weighted by atomic mass is 10.1. The number of hydrogen-bond acceptors (Lipinski definition) is 5. The van der Waals surface area contributed by atoms with E-state index in [1.54, 1.807) is 27.7 Å². The Morgan fingerprint density at radius 3 is 2.15 bits per heavy atom. The van der Waals surface area contributed by atoms with E-state index in [0.717, 1.165) is 0 Å². The van der Waals surface area contributed by atoms with Crippen LogP contribution in [0.3, 0.4) is 0 Å². The molecule has 1 amide bonds. The number of carbonyl (C=O) groups is 1. The first-order valence-corrected chi connectivity index (χ1v) is 9.58. The molecule has 0 heterocycles. The standard InChI is InChI=1S/C18H21N3O5S/c1-12-11-13(5-10-16(12)21(23)24)17(22)19-14-6-8-15(9-7-14)27(25,26)20-18(2,3)4/h5-11,20H,1-4H3,(H,19,22). The fraction of sp³-hybridized carbons (Fsp3) is 0.278. The van der Waals surface area contributed by atoms with Crippen LogP contribution in [0, 0.1) is 17.0 Å². The number of sulfonamides is 1. The van der Waals surface area contributed by atoms with Gasteiger partial charge in [0.15, 0.2) is 0 Å². The lowest BCUT2D eigenvalue weighted by molar-refractivity contribution is -0.385. The number of nitrogens with one attached hydrogen (secondary N) is 2. The molecule has 8 nitrogen and oxygen atoms in total. The molecule has 2 aromatic rings. The minimum absolute atomic E-state index is 0.0625. The molecule has 2 rings (SSSR count). The maximum absolute atomic E-state index is 12.3. The summed E-state index contributed by atoms with van der Waals surface area (Å²) < 4.78 is 27.1. The van der Waals surface area contributed by atoms with Crippen molar-refractivity contribution in [3.05, 3.63) is 63.7 Å². The smallest absolute Gasteiger partial charge is 0.272 e. The Kier molecular flexibility index (Phi) is 5.67. The second kappa shape index (κ2) is 7.45. The van der Waals surface area contributed by atoms with Gasteiger partial charge >= 0.3 is 0 Å². The third-order valence-corrected chi connectivity index (χ3v) is 5.29. The fourth-order valence-corrected chi connectivity index (χ4v) is 3.80. The summed E-state index contributed by atoms with van der Waals surface area (Å²) in [5.74, 6) is -0.448. The van der Waals surface area contributed by atoms with Crippen molar-refractivity contribution in [1.82, 2.24) is 4.72 Å². The Labute approximate surface area is 157 Å². The lowest BCUT2D eigenvalue weighted by Crippen LogP contribution is -2.40. The summed E-state index contributed by atoms with van der Waals surface area (Å²) >= 11 is 0. The molecule has 27 heavy (non-hydrogen) atoms. The highest BCUT2D eigenvalue weighted by atomic mass is 32.2. The summed E-state index contributed by atoms with van der Waals surface area (Å²) in [6.45, 7) is 6.78. The summed E-state index contributed by atoms with van der Waals surface area (Å²) in [5.41, 5.74) is 0.379. The van der Waals surface area contributed by atoms with Crippen LogP contribution < -0.4 is 10.0 Å². The molecule has 0 bridgehead atoms. The van der Waals surface area contributed by atoms with Crippen molar-refractivity contribution in [2.75, 3.05) is 5.32 Å². The van der Waals surface area contributed by atoms with Crippen molar-refractivity contribution in [2.24, 2.45) is 0 Å². The van der Waals surface area contributed by atoms with Crippen molar-refractivity contribution >= 4 is 27.3 Å². The van der Waals surface area contributed by atoms with Gasteiger partial charge in [0.2, 0.25) is 10.0 Å². The summed E-state index contributed by atoms with van der Waals surface area (Å²) in [4.78, 5) is 22.7. The summed E-state index contributed by atoms with van der Waals surface area (Å²) in [6.07, 6.45) is 0. The number of rotatable bonds is 5. The van der Waals surface area contributed by atoms with Gasteiger partial charge in [-0.2, -0.15) is 0 Å². The van der Waals surface area contributed by atoms with Crippen molar-refractivity contribution in [2.45, 2.75) is 38.1 Å². The minimum Gasteiger partial charge on any atom is -0.322 e. The van der Waals surface area contributed by atoms with Crippen LogP contribution in [-0.2, 0) is 10.0 Å². The third kappa shape index (κ3) is 5.35. The molecule has 0 aliphatic carbocycles. The van der Waals surface area contributed by atoms with Crippen LogP contribution in [0.2, 0.25) is 0 Å². The summed E-state index contributed by atoms with van der Waals surface area (Å²) in [6, 6.07) is 9.82. The van der Waals surface area contributed by atoms with E-state index in [4.69, 9.17) is 0 Å². The normalized spacial score (nSPS) is 11.9. The van der Waals surface area contributed by atoms with Gasteiger partial charge in [-0.1, -0.05) is 0 Å². The maximum atomic E-state index is 12.3. The molecule has 2 aromatic carbocycles. The van der Waals surface area contributed by atoms with Gasteiger partial charge in [-0.25, -0.2) is 13.1 Å². The molecule has 0 saturated carbocycles. The molecule has 0 unspecified atom stereocenters. The zero-order chi connectivity index (χ0) is 20.4. The van der Waals surface area contributed by atoms with Gasteiger partial charge in [-0.3, -0.25) is 14.9 Å². The maximum Gasteiger partial charge on any atom is 0.272 e. The first kappa shape index (κ1) is 20.5. The van der Waals surface area contributed by atoms with E-state index < -0.39 is 26.4 Å². The zero-order valence-electron chi connectivity index (χ0n) is 15.4. The zero-order valence-corrected chi connectivity index (χ0v) is 16.3. The van der Waals surface area contributed by atoms with Crippen LogP contribution in [0.15, 0.2) is 47.4 Å². The third-order valence-electron chi connectivity index (χ3n) is 3.52. The Hall–Kier alpha value is -2.78. The van der Waals surface area contributed by atoms with Crippen molar-refractivity contribution < 1.29 is 18.1 Å². The van der Waals surface area contributed by atoms with E-state index in [1.807, 2.05) is 0 Å². The second-order valence-corrected chi connectivity index (χ2v) is 8.77. The van der Waals surface area contributed by atoms with Gasteiger partial charge in [0.25, 0.3) is 11.6 Å². The van der Waals surface area contributed by atoms with E-state index in [0.29, 0.717) is 11.3 Å². The first-order valence-electron chi connectivity index (χ1n) is 8.09. The van der Waals surface area contributed by atoms with Crippen molar-refractivity contribution in [3.63, 3.8) is 0 Å². The van der Waals surface area contributed by atoms with Gasteiger partial charge in [-0.15, -0.1) is 0 Å². The van der Waals surface area contributed by atoms with Gasteiger partial charge in [-0.05, 0) is 64.1 Å². The first-order chi connectivity index (χ1) is 12.4. The van der Waals surface area contributed by atoms with Crippen LogP contribution in [0.5, 0.6) is 0 Å². The number of aryl methyl sites for hydroxylation is 1. The Morgan fingerprint density at radius 2 is 1.67 bits per heavy atom. The van der Waals surface area contributed by atoms with Crippen molar-refractivity contribution in [1.29, 1.82) is 0 Å². The van der Waals surface area contributed by atoms with Gasteiger partial charge < -0.3 is 5.32 Å². The molecule has 144 valence electrons. The average Bonchev–Trinajstić information content (AvgIpc) is 2.52. The number of amides is 1. The molecule has 0 aliphatic heterocycles. The largest absolute Gasteiger partial charge is 0.322 e. The number of nitrogens with zero attached hydrogens (tertiary/aromatic N) is 1. The van der Waals surface area contributed by atoms with E-state index in [-0.39, 0.29) is 16.1 Å². The van der Waals surface area contributed by atoms with Crippen LogP contribution in [0.4, 0.5) is 11.4 Å². The molecule has 9 heteroatoms. The lowest BCUT2D eigenvalue weighted by Gasteiger charge is -2.20. The molecule has 0 fully saturated rings. The molecule has 0 saturated heterocycles. The number of carbonyl (C=O) groups excluding carboxylic acids is 1. The Morgan fingerprint density at radius 1 is 1.07 bits per heavy atom. The summed E-state index contributed by atoms with van der Waals surface area (Å²) in [7, 11) is -3.66. The molecular weight excluding hydrogens is 370 g/mol. The predicted molar refractivity (Wildman–Crippen MR) is 102 cm³/mol. The highest BCUT2D eigenvalue weighted by Crippen LogP contribution is 2.20. The predicted octanol–water partition coefficient (Wildman–Crippen LogP) is 3.23. The molecule has 2 N–H and O–H groups in total. The number of anilines is 1. The van der Waals surface area contributed by atoms with E-state index in [2.05, 4.69) is 10.0 Å². The molecule has 0 aliphatic rings. The van der Waals surface area contributed by atoms with Gasteiger partial charge in [0.05, 0.1) is 9.82 Å². The SMILES string of the molecule is Cc1cc(C(=O)Nc2ccc(S(=O)(=O)NC(C)(C)C)cc2)ccc1[N+](=O)[O-]. The Bertz CT molecular complexity index is 977. The molecule has 0 radical (unpaired) electrons. The molecule has 0 aromatic heterocycles. The highest BCUT2D eigenvalue weighted by molar-refractivity contribution is 7.89. The van der Waals surface area contributed by atoms with E-state index in [9.17, 15) is 23.3 Å². The number of nitro benzene ring substituents is 1. The topological polar surface area (TPSA) is 118 Å². The molecule has 0 spiro atoms. The molecule has 0 atom stereocenters. The quantitative estimate of drug-likeness (QED) is 0.599. The van der Waals surface area contributed by atoms with Gasteiger partial charge in [0, 0.05) is 28.4 Å². The van der Waals surface area contributed by atoms with Crippen LogP contribution in [0.25, 0.3) is 0 Å². The summed E-state index contributed by atoms with van der Waals surface area (Å²) in [5, 5.41) is 13.5. The minimum atomic E-state index is -3.66. The Balaban J connectivity index is 2.16. The van der Waals surface area contributed by atoms with Crippen LogP contribution in [0.1, 0.15) is 36.7 Å². The second-order valence-electron chi connectivity index (χ2n) is 7.09. The van der Waals surface area contributed by atoms with E-state index >= 15 is 0 Å². The van der Waals surface area contributed by atoms with Crippen LogP contribution >= 0.6 is 0 Å². The fourth-order valence-electron chi connectivity index (χ4n) is 2.38. The molecular formula is C18H21N3O5S. The number of nitro groups is 1.